The quantitative estimate of drug-likeness (QED) is 0.760. The second-order valence-electron chi connectivity index (χ2n) is 5.19. The Bertz CT molecular complexity index is 635. The summed E-state index contributed by atoms with van der Waals surface area (Å²) in [6, 6.07) is 6.65. The van der Waals surface area contributed by atoms with Crippen molar-refractivity contribution in [2.24, 2.45) is 5.92 Å². The molecule has 3 aliphatic heterocycles. The van der Waals surface area contributed by atoms with Crippen LogP contribution in [0.5, 0.6) is 0 Å². The highest BCUT2D eigenvalue weighted by Gasteiger charge is 2.29. The summed E-state index contributed by atoms with van der Waals surface area (Å²) < 4.78 is 19.0. The lowest BCUT2D eigenvalue weighted by molar-refractivity contribution is 0.250. The highest BCUT2D eigenvalue weighted by molar-refractivity contribution is 5.82. The Morgan fingerprint density at radius 2 is 2.00 bits per heavy atom. The van der Waals surface area contributed by atoms with E-state index < -0.39 is 0 Å². The fraction of sp³-hybridized carbons (Fsp3) is 0.333. The van der Waals surface area contributed by atoms with E-state index in [9.17, 15) is 4.39 Å². The van der Waals surface area contributed by atoms with Crippen molar-refractivity contribution >= 4 is 16.5 Å². The average Bonchev–Trinajstić information content (AvgIpc) is 2.83. The largest absolute Gasteiger partial charge is 0.456 e. The van der Waals surface area contributed by atoms with Crippen LogP contribution < -0.4 is 0 Å². The van der Waals surface area contributed by atoms with Crippen molar-refractivity contribution in [1.29, 1.82) is 0 Å². The molecule has 0 N–H and O–H groups in total. The number of allylic oxidation sites excluding steroid dienone is 1. The molecule has 3 heteroatoms. The summed E-state index contributed by atoms with van der Waals surface area (Å²) in [6.45, 7) is 2.31. The predicted octanol–water partition coefficient (Wildman–Crippen LogP) is 3.64. The van der Waals surface area contributed by atoms with E-state index >= 15 is 0 Å². The lowest BCUT2D eigenvalue weighted by Crippen LogP contribution is -2.35. The zero-order chi connectivity index (χ0) is 12.1. The van der Waals surface area contributed by atoms with Gasteiger partial charge < -0.3 is 9.32 Å². The third kappa shape index (κ3) is 1.47. The summed E-state index contributed by atoms with van der Waals surface area (Å²) in [5.74, 6) is 1.31. The van der Waals surface area contributed by atoms with Gasteiger partial charge in [-0.3, -0.25) is 0 Å². The maximum absolute atomic E-state index is 13.2. The first-order valence-corrected chi connectivity index (χ1v) is 6.45. The monoisotopic (exact) mass is 243 g/mol. The van der Waals surface area contributed by atoms with Crippen LogP contribution in [-0.2, 0) is 0 Å². The van der Waals surface area contributed by atoms with E-state index in [0.717, 1.165) is 29.8 Å². The molecule has 0 amide bonds. The number of halogens is 1. The van der Waals surface area contributed by atoms with Gasteiger partial charge in [0.25, 0.3) is 0 Å². The summed E-state index contributed by atoms with van der Waals surface area (Å²) in [7, 11) is 0. The molecule has 0 unspecified atom stereocenters. The lowest BCUT2D eigenvalue weighted by atomic mass is 9.84. The van der Waals surface area contributed by atoms with Gasteiger partial charge in [-0.1, -0.05) is 0 Å². The number of benzene rings is 1. The molecule has 4 heterocycles. The first-order chi connectivity index (χ1) is 8.79. The minimum Gasteiger partial charge on any atom is -0.456 e. The molecule has 0 saturated carbocycles. The van der Waals surface area contributed by atoms with Gasteiger partial charge in [-0.15, -0.1) is 0 Å². The smallest absolute Gasteiger partial charge is 0.135 e. The van der Waals surface area contributed by atoms with Gasteiger partial charge in [-0.05, 0) is 43.0 Å². The Morgan fingerprint density at radius 1 is 1.17 bits per heavy atom. The van der Waals surface area contributed by atoms with Gasteiger partial charge in [0, 0.05) is 30.2 Å². The highest BCUT2D eigenvalue weighted by atomic mass is 19.1. The molecule has 92 valence electrons. The molecule has 1 aromatic heterocycles. The molecule has 1 fully saturated rings. The standard InChI is InChI=1S/C15H14FNO/c16-12-1-2-14-11(7-12)8-15(18-14)13-9-17-5-3-10(13)4-6-17/h1-2,7-10H,3-6H2. The van der Waals surface area contributed by atoms with E-state index in [4.69, 9.17) is 4.42 Å². The lowest BCUT2D eigenvalue weighted by Gasteiger charge is -2.38. The fourth-order valence-electron chi connectivity index (χ4n) is 3.06. The summed E-state index contributed by atoms with van der Waals surface area (Å²) in [4.78, 5) is 2.35. The summed E-state index contributed by atoms with van der Waals surface area (Å²) in [5, 5.41) is 0.849. The van der Waals surface area contributed by atoms with Crippen LogP contribution in [0.1, 0.15) is 18.6 Å². The highest BCUT2D eigenvalue weighted by Crippen LogP contribution is 2.39. The zero-order valence-electron chi connectivity index (χ0n) is 10.0. The number of hydrogen-bond acceptors (Lipinski definition) is 2. The molecule has 0 spiro atoms. The third-order valence-electron chi connectivity index (χ3n) is 4.05. The van der Waals surface area contributed by atoms with Gasteiger partial charge in [0.2, 0.25) is 0 Å². The summed E-state index contributed by atoms with van der Waals surface area (Å²) in [5.41, 5.74) is 2.05. The van der Waals surface area contributed by atoms with Gasteiger partial charge in [0.1, 0.15) is 17.2 Å². The topological polar surface area (TPSA) is 16.4 Å². The van der Waals surface area contributed by atoms with Crippen LogP contribution in [0.25, 0.3) is 16.5 Å². The van der Waals surface area contributed by atoms with Crippen molar-refractivity contribution in [1.82, 2.24) is 4.90 Å². The van der Waals surface area contributed by atoms with E-state index in [1.807, 2.05) is 6.07 Å². The SMILES string of the molecule is Fc1ccc2oc(C3=CN4CCC3CC4)cc2c1. The van der Waals surface area contributed by atoms with E-state index in [0.29, 0.717) is 5.92 Å². The minimum absolute atomic E-state index is 0.210. The maximum atomic E-state index is 13.2. The van der Waals surface area contributed by atoms with Gasteiger partial charge in [0.05, 0.1) is 0 Å². The molecule has 5 rings (SSSR count). The molecular formula is C15H14FNO. The first kappa shape index (κ1) is 10.2. The molecule has 1 aromatic carbocycles. The van der Waals surface area contributed by atoms with Crippen molar-refractivity contribution in [2.75, 3.05) is 13.1 Å². The van der Waals surface area contributed by atoms with Crippen molar-refractivity contribution in [2.45, 2.75) is 12.8 Å². The Balaban J connectivity index is 1.83. The zero-order valence-corrected chi connectivity index (χ0v) is 10.0. The Morgan fingerprint density at radius 3 is 2.72 bits per heavy atom. The number of rotatable bonds is 1. The van der Waals surface area contributed by atoms with Crippen LogP contribution in [-0.4, -0.2) is 18.0 Å². The van der Waals surface area contributed by atoms with Crippen molar-refractivity contribution in [3.8, 4) is 0 Å². The van der Waals surface area contributed by atoms with Gasteiger partial charge in [-0.2, -0.15) is 0 Å². The number of fused-ring (bicyclic) bond motifs is 3. The second-order valence-corrected chi connectivity index (χ2v) is 5.19. The van der Waals surface area contributed by atoms with Gasteiger partial charge in [-0.25, -0.2) is 4.39 Å². The number of nitrogens with zero attached hydrogens (tertiary/aromatic N) is 1. The molecule has 1 saturated heterocycles. The fourth-order valence-corrected chi connectivity index (χ4v) is 3.06. The molecule has 18 heavy (non-hydrogen) atoms. The van der Waals surface area contributed by atoms with Crippen LogP contribution in [0, 0.1) is 11.7 Å². The molecule has 0 atom stereocenters. The van der Waals surface area contributed by atoms with E-state index in [-0.39, 0.29) is 5.82 Å². The number of furan rings is 1. The van der Waals surface area contributed by atoms with Crippen LogP contribution in [0.15, 0.2) is 34.9 Å². The minimum atomic E-state index is -0.210. The molecule has 3 aliphatic rings. The van der Waals surface area contributed by atoms with Crippen LogP contribution in [0.3, 0.4) is 0 Å². The van der Waals surface area contributed by atoms with E-state index in [2.05, 4.69) is 11.1 Å². The normalized spacial score (nSPS) is 19.6. The average molecular weight is 243 g/mol. The van der Waals surface area contributed by atoms with Crippen LogP contribution in [0.4, 0.5) is 4.39 Å². The summed E-state index contributed by atoms with van der Waals surface area (Å²) in [6.07, 6.45) is 4.63. The van der Waals surface area contributed by atoms with Crippen LogP contribution >= 0.6 is 0 Å². The number of hydrogen-bond donors (Lipinski definition) is 0. The predicted molar refractivity (Wildman–Crippen MR) is 68.4 cm³/mol. The molecule has 2 nitrogen and oxygen atoms in total. The Hall–Kier alpha value is -1.77. The molecular weight excluding hydrogens is 229 g/mol. The third-order valence-corrected chi connectivity index (χ3v) is 4.05. The van der Waals surface area contributed by atoms with E-state index in [1.165, 1.54) is 30.5 Å². The van der Waals surface area contributed by atoms with E-state index in [1.54, 1.807) is 6.07 Å². The van der Waals surface area contributed by atoms with Crippen molar-refractivity contribution in [3.63, 3.8) is 0 Å². The second kappa shape index (κ2) is 3.61. The summed E-state index contributed by atoms with van der Waals surface area (Å²) >= 11 is 0. The van der Waals surface area contributed by atoms with Gasteiger partial charge in [0.15, 0.2) is 0 Å². The number of piperidine rings is 1. The Kier molecular flexibility index (Phi) is 2.04. The first-order valence-electron chi connectivity index (χ1n) is 6.45. The molecule has 0 radical (unpaired) electrons. The van der Waals surface area contributed by atoms with Crippen molar-refractivity contribution < 1.29 is 8.81 Å². The molecule has 0 aliphatic carbocycles. The van der Waals surface area contributed by atoms with Crippen molar-refractivity contribution in [3.05, 3.63) is 42.0 Å². The molecule has 2 bridgehead atoms. The maximum Gasteiger partial charge on any atom is 0.135 e. The van der Waals surface area contributed by atoms with Crippen LogP contribution in [0.2, 0.25) is 0 Å². The molecule has 2 aromatic rings. The Labute approximate surface area is 105 Å². The van der Waals surface area contributed by atoms with Gasteiger partial charge >= 0.3 is 0 Å².